The molecule has 2 heterocycles. The molecule has 0 fully saturated rings. The fourth-order valence-corrected chi connectivity index (χ4v) is 2.57. The predicted molar refractivity (Wildman–Crippen MR) is 84.3 cm³/mol. The molecule has 0 spiro atoms. The van der Waals surface area contributed by atoms with Crippen LogP contribution in [0.2, 0.25) is 0 Å². The Labute approximate surface area is 132 Å². The van der Waals surface area contributed by atoms with Crippen molar-refractivity contribution in [3.05, 3.63) is 47.0 Å². The van der Waals surface area contributed by atoms with E-state index in [-0.39, 0.29) is 6.10 Å². The van der Waals surface area contributed by atoms with Crippen molar-refractivity contribution < 1.29 is 13.9 Å². The Balaban J connectivity index is 1.67. The summed E-state index contributed by atoms with van der Waals surface area (Å²) in [5, 5.41) is 12.0. The molecule has 114 valence electrons. The van der Waals surface area contributed by atoms with Gasteiger partial charge in [0.15, 0.2) is 6.10 Å². The van der Waals surface area contributed by atoms with Gasteiger partial charge in [-0.2, -0.15) is 11.3 Å². The Morgan fingerprint density at radius 2 is 1.91 bits per heavy atom. The molecular weight excluding hydrogens is 300 g/mol. The first-order valence-corrected chi connectivity index (χ1v) is 7.96. The van der Waals surface area contributed by atoms with Crippen molar-refractivity contribution in [2.75, 3.05) is 6.61 Å². The number of benzene rings is 1. The van der Waals surface area contributed by atoms with E-state index in [9.17, 15) is 0 Å². The molecule has 0 bridgehead atoms. The summed E-state index contributed by atoms with van der Waals surface area (Å²) in [4.78, 5) is 0. The van der Waals surface area contributed by atoms with E-state index in [1.165, 1.54) is 0 Å². The van der Waals surface area contributed by atoms with Gasteiger partial charge >= 0.3 is 0 Å². The Morgan fingerprint density at radius 3 is 2.59 bits per heavy atom. The zero-order chi connectivity index (χ0) is 15.4. The minimum absolute atomic E-state index is 0.321. The van der Waals surface area contributed by atoms with Crippen molar-refractivity contribution in [3.8, 4) is 23.0 Å². The third kappa shape index (κ3) is 3.28. The number of nitrogens with zero attached hydrogens (tertiary/aromatic N) is 2. The van der Waals surface area contributed by atoms with E-state index in [0.717, 1.165) is 17.1 Å². The zero-order valence-corrected chi connectivity index (χ0v) is 13.2. The SMILES string of the molecule is CCOc1ccc(OC(C)c2nnc(-c3ccsc3)o2)cc1. The number of aromatic nitrogens is 2. The topological polar surface area (TPSA) is 57.4 Å². The van der Waals surface area contributed by atoms with Crippen LogP contribution >= 0.6 is 11.3 Å². The Morgan fingerprint density at radius 1 is 1.14 bits per heavy atom. The van der Waals surface area contributed by atoms with Crippen LogP contribution in [0.4, 0.5) is 0 Å². The summed E-state index contributed by atoms with van der Waals surface area (Å²) in [5.41, 5.74) is 0.928. The minimum Gasteiger partial charge on any atom is -0.494 e. The van der Waals surface area contributed by atoms with Crippen LogP contribution in [0, 0.1) is 0 Å². The minimum atomic E-state index is -0.321. The van der Waals surface area contributed by atoms with Crippen molar-refractivity contribution in [1.29, 1.82) is 0 Å². The van der Waals surface area contributed by atoms with Crippen molar-refractivity contribution in [1.82, 2.24) is 10.2 Å². The van der Waals surface area contributed by atoms with E-state index < -0.39 is 0 Å². The molecule has 0 aliphatic carbocycles. The molecule has 1 atom stereocenters. The average molecular weight is 316 g/mol. The lowest BCUT2D eigenvalue weighted by Gasteiger charge is -2.11. The summed E-state index contributed by atoms with van der Waals surface area (Å²) in [7, 11) is 0. The first-order valence-electron chi connectivity index (χ1n) is 7.01. The maximum Gasteiger partial charge on any atom is 0.257 e. The number of hydrogen-bond acceptors (Lipinski definition) is 6. The highest BCUT2D eigenvalue weighted by molar-refractivity contribution is 7.08. The van der Waals surface area contributed by atoms with Crippen molar-refractivity contribution in [2.45, 2.75) is 20.0 Å². The molecule has 0 aliphatic heterocycles. The summed E-state index contributed by atoms with van der Waals surface area (Å²) in [6.07, 6.45) is -0.321. The quantitative estimate of drug-likeness (QED) is 0.677. The van der Waals surface area contributed by atoms with Crippen LogP contribution in [0.15, 0.2) is 45.5 Å². The van der Waals surface area contributed by atoms with Gasteiger partial charge in [-0.25, -0.2) is 0 Å². The molecule has 5 nitrogen and oxygen atoms in total. The van der Waals surface area contributed by atoms with Crippen LogP contribution in [-0.4, -0.2) is 16.8 Å². The highest BCUT2D eigenvalue weighted by Gasteiger charge is 2.16. The van der Waals surface area contributed by atoms with Crippen molar-refractivity contribution in [3.63, 3.8) is 0 Å². The first kappa shape index (κ1) is 14.6. The molecule has 2 aromatic heterocycles. The first-order chi connectivity index (χ1) is 10.8. The van der Waals surface area contributed by atoms with Crippen molar-refractivity contribution in [2.24, 2.45) is 0 Å². The molecule has 0 aliphatic rings. The average Bonchev–Trinajstić information content (AvgIpc) is 3.20. The maximum atomic E-state index is 5.82. The van der Waals surface area contributed by atoms with E-state index in [4.69, 9.17) is 13.9 Å². The van der Waals surface area contributed by atoms with Crippen LogP contribution in [0.5, 0.6) is 11.5 Å². The molecule has 0 radical (unpaired) electrons. The Hall–Kier alpha value is -2.34. The van der Waals surface area contributed by atoms with Crippen LogP contribution in [-0.2, 0) is 0 Å². The smallest absolute Gasteiger partial charge is 0.257 e. The van der Waals surface area contributed by atoms with E-state index >= 15 is 0 Å². The van der Waals surface area contributed by atoms with Gasteiger partial charge in [0.05, 0.1) is 6.61 Å². The standard InChI is InChI=1S/C16H16N2O3S/c1-3-19-13-4-6-14(7-5-13)20-11(2)15-17-18-16(21-15)12-8-9-22-10-12/h4-11H,3H2,1-2H3. The molecule has 0 amide bonds. The van der Waals surface area contributed by atoms with Gasteiger partial charge in [-0.1, -0.05) is 0 Å². The normalized spacial score (nSPS) is 12.1. The second-order valence-corrected chi connectivity index (χ2v) is 5.40. The molecule has 22 heavy (non-hydrogen) atoms. The van der Waals surface area contributed by atoms with Gasteiger partial charge in [0.25, 0.3) is 5.89 Å². The number of hydrogen-bond donors (Lipinski definition) is 0. The molecule has 6 heteroatoms. The summed E-state index contributed by atoms with van der Waals surface area (Å²) < 4.78 is 16.9. The lowest BCUT2D eigenvalue weighted by Crippen LogP contribution is -2.03. The van der Waals surface area contributed by atoms with Crippen LogP contribution in [0.3, 0.4) is 0 Å². The van der Waals surface area contributed by atoms with E-state index in [1.807, 2.05) is 54.9 Å². The maximum absolute atomic E-state index is 5.82. The largest absolute Gasteiger partial charge is 0.494 e. The highest BCUT2D eigenvalue weighted by atomic mass is 32.1. The zero-order valence-electron chi connectivity index (χ0n) is 12.4. The summed E-state index contributed by atoms with van der Waals surface area (Å²) in [6, 6.07) is 9.40. The van der Waals surface area contributed by atoms with Gasteiger partial charge in [0, 0.05) is 10.9 Å². The predicted octanol–water partition coefficient (Wildman–Crippen LogP) is 4.34. The molecule has 0 N–H and O–H groups in total. The Kier molecular flexibility index (Phi) is 4.39. The van der Waals surface area contributed by atoms with E-state index in [0.29, 0.717) is 18.4 Å². The molecule has 0 saturated carbocycles. The molecular formula is C16H16N2O3S. The Bertz CT molecular complexity index is 707. The molecule has 1 aromatic carbocycles. The highest BCUT2D eigenvalue weighted by Crippen LogP contribution is 2.26. The molecule has 1 unspecified atom stereocenters. The fourth-order valence-electron chi connectivity index (χ4n) is 1.94. The van der Waals surface area contributed by atoms with Gasteiger partial charge in [-0.15, -0.1) is 10.2 Å². The van der Waals surface area contributed by atoms with Gasteiger partial charge in [-0.05, 0) is 49.6 Å². The van der Waals surface area contributed by atoms with Gasteiger partial charge in [0.2, 0.25) is 5.89 Å². The summed E-state index contributed by atoms with van der Waals surface area (Å²) in [6.45, 7) is 4.47. The van der Waals surface area contributed by atoms with E-state index in [1.54, 1.807) is 11.3 Å². The second-order valence-electron chi connectivity index (χ2n) is 4.62. The monoisotopic (exact) mass is 316 g/mol. The molecule has 3 rings (SSSR count). The second kappa shape index (κ2) is 6.62. The van der Waals surface area contributed by atoms with Crippen LogP contribution in [0.1, 0.15) is 25.8 Å². The third-order valence-corrected chi connectivity index (χ3v) is 3.69. The number of thiophene rings is 1. The lowest BCUT2D eigenvalue weighted by atomic mass is 10.3. The van der Waals surface area contributed by atoms with E-state index in [2.05, 4.69) is 10.2 Å². The van der Waals surface area contributed by atoms with Crippen LogP contribution < -0.4 is 9.47 Å². The van der Waals surface area contributed by atoms with Gasteiger partial charge in [-0.3, -0.25) is 0 Å². The van der Waals surface area contributed by atoms with Gasteiger partial charge in [0.1, 0.15) is 11.5 Å². The third-order valence-electron chi connectivity index (χ3n) is 3.00. The summed E-state index contributed by atoms with van der Waals surface area (Å²) in [5.74, 6) is 2.51. The number of rotatable bonds is 6. The number of ether oxygens (including phenoxy) is 2. The fraction of sp³-hybridized carbons (Fsp3) is 0.250. The van der Waals surface area contributed by atoms with Crippen LogP contribution in [0.25, 0.3) is 11.5 Å². The van der Waals surface area contributed by atoms with Crippen molar-refractivity contribution >= 4 is 11.3 Å². The van der Waals surface area contributed by atoms with Gasteiger partial charge < -0.3 is 13.9 Å². The molecule has 0 saturated heterocycles. The summed E-state index contributed by atoms with van der Waals surface area (Å²) >= 11 is 1.59. The molecule has 3 aromatic rings. The lowest BCUT2D eigenvalue weighted by molar-refractivity contribution is 0.189.